The first-order chi connectivity index (χ1) is 26.0. The maximum absolute atomic E-state index is 3.89. The van der Waals surface area contributed by atoms with Crippen LogP contribution in [0.25, 0.3) is 27.6 Å². The number of allylic oxidation sites excluding steroid dienone is 1. The Bertz CT molecular complexity index is 2560. The number of aryl methyl sites for hydroxylation is 3. The van der Waals surface area contributed by atoms with E-state index in [4.69, 9.17) is 0 Å². The molecule has 1 aliphatic heterocycles. The first-order valence-corrected chi connectivity index (χ1v) is 20.5. The van der Waals surface area contributed by atoms with Crippen LogP contribution in [-0.2, 0) is 17.3 Å². The molecule has 0 saturated heterocycles. The Balaban J connectivity index is 1.23. The van der Waals surface area contributed by atoms with E-state index in [-0.39, 0.29) is 10.8 Å². The van der Waals surface area contributed by atoms with Crippen molar-refractivity contribution >= 4 is 51.7 Å². The van der Waals surface area contributed by atoms with Crippen molar-refractivity contribution in [3.8, 4) is 11.1 Å². The SMILES string of the molecule is Cc1cc(C2=CCCc3c2[nH]c2ccccc32)c2c(c1)N(c1cc3c(cc1C)C(C)(C)CCC3(C)C)c1ccc(-c3ccccc3C3CCC3)c(C)c1[B]2. The summed E-state index contributed by atoms with van der Waals surface area (Å²) in [6, 6.07) is 32.9. The molecule has 1 N–H and O–H groups in total. The van der Waals surface area contributed by atoms with Crippen LogP contribution in [0, 0.1) is 20.8 Å². The molecular weight excluding hydrogens is 651 g/mol. The lowest BCUT2D eigenvalue weighted by Gasteiger charge is -2.44. The number of benzene rings is 5. The van der Waals surface area contributed by atoms with Crippen molar-refractivity contribution < 1.29 is 0 Å². The van der Waals surface area contributed by atoms with Crippen LogP contribution >= 0.6 is 0 Å². The van der Waals surface area contributed by atoms with Crippen molar-refractivity contribution in [3.63, 3.8) is 0 Å². The molecule has 10 rings (SSSR count). The Kier molecular flexibility index (Phi) is 7.59. The van der Waals surface area contributed by atoms with Crippen LogP contribution in [0.5, 0.6) is 0 Å². The number of hydrogen-bond acceptors (Lipinski definition) is 1. The van der Waals surface area contributed by atoms with E-state index in [1.165, 1.54) is 138 Å². The molecular formula is C51H52BN2. The number of fused-ring (bicyclic) bond motifs is 6. The van der Waals surface area contributed by atoms with Crippen molar-refractivity contribution in [1.82, 2.24) is 4.98 Å². The standard InChI is InChI=1S/C51H52BN2/c1-30-26-40(39-20-13-19-38-37-18-10-11-21-43(37)53-49(38)39)48-46(27-30)54(45-29-42-41(28-31(45)2)50(4,5)24-25-51(42,6)7)44-23-22-34(32(3)47(44)52-48)36-17-9-8-16-35(36)33-14-12-15-33/h8-11,16-18,20-23,26-29,33,53H,12-15,19,24-25H2,1-7H3. The Hall–Kier alpha value is -4.76. The van der Waals surface area contributed by atoms with Gasteiger partial charge in [-0.05, 0) is 161 Å². The van der Waals surface area contributed by atoms with Gasteiger partial charge >= 0.3 is 0 Å². The number of H-pyrrole nitrogens is 1. The molecule has 0 unspecified atom stereocenters. The minimum absolute atomic E-state index is 0.114. The summed E-state index contributed by atoms with van der Waals surface area (Å²) in [4.78, 5) is 6.52. The number of rotatable bonds is 4. The van der Waals surface area contributed by atoms with Gasteiger partial charge in [-0.3, -0.25) is 0 Å². The highest BCUT2D eigenvalue weighted by atomic mass is 15.2. The summed E-state index contributed by atoms with van der Waals surface area (Å²) >= 11 is 0. The molecule has 2 heterocycles. The second kappa shape index (κ2) is 12.1. The van der Waals surface area contributed by atoms with E-state index >= 15 is 0 Å². The molecule has 5 aromatic carbocycles. The second-order valence-electron chi connectivity index (χ2n) is 18.2. The topological polar surface area (TPSA) is 19.0 Å². The lowest BCUT2D eigenvalue weighted by Crippen LogP contribution is -2.43. The van der Waals surface area contributed by atoms with Gasteiger partial charge in [0.15, 0.2) is 7.28 Å². The van der Waals surface area contributed by atoms with Gasteiger partial charge in [-0.2, -0.15) is 0 Å². The molecule has 1 radical (unpaired) electrons. The van der Waals surface area contributed by atoms with Gasteiger partial charge in [-0.15, -0.1) is 0 Å². The molecule has 3 heteroatoms. The number of aromatic nitrogens is 1. The summed E-state index contributed by atoms with van der Waals surface area (Å²) < 4.78 is 0. The van der Waals surface area contributed by atoms with Gasteiger partial charge in [-0.1, -0.05) is 106 Å². The van der Waals surface area contributed by atoms with Gasteiger partial charge < -0.3 is 9.88 Å². The third-order valence-electron chi connectivity index (χ3n) is 13.9. The Morgan fingerprint density at radius 1 is 0.704 bits per heavy atom. The highest BCUT2D eigenvalue weighted by Gasteiger charge is 2.39. The third kappa shape index (κ3) is 5.06. The first kappa shape index (κ1) is 33.8. The predicted octanol–water partition coefficient (Wildman–Crippen LogP) is 12.2. The average molecular weight is 704 g/mol. The minimum Gasteiger partial charge on any atom is -0.354 e. The molecule has 269 valence electrons. The van der Waals surface area contributed by atoms with Gasteiger partial charge in [0, 0.05) is 39.2 Å². The zero-order valence-electron chi connectivity index (χ0n) is 33.2. The summed E-state index contributed by atoms with van der Waals surface area (Å²) in [6.07, 6.45) is 11.0. The number of anilines is 3. The van der Waals surface area contributed by atoms with Crippen LogP contribution in [-0.4, -0.2) is 12.3 Å². The van der Waals surface area contributed by atoms with Crippen LogP contribution in [0.3, 0.4) is 0 Å². The average Bonchev–Trinajstić information content (AvgIpc) is 3.52. The molecule has 1 saturated carbocycles. The summed E-state index contributed by atoms with van der Waals surface area (Å²) in [6.45, 7) is 16.8. The highest BCUT2D eigenvalue weighted by molar-refractivity contribution is 6.73. The van der Waals surface area contributed by atoms with Crippen LogP contribution < -0.4 is 15.8 Å². The number of aromatic amines is 1. The van der Waals surface area contributed by atoms with Gasteiger partial charge in [0.25, 0.3) is 0 Å². The predicted molar refractivity (Wildman–Crippen MR) is 231 cm³/mol. The van der Waals surface area contributed by atoms with E-state index in [0.29, 0.717) is 5.92 Å². The monoisotopic (exact) mass is 703 g/mol. The quantitative estimate of drug-likeness (QED) is 0.181. The molecule has 4 aliphatic rings. The van der Waals surface area contributed by atoms with E-state index in [2.05, 4.69) is 157 Å². The second-order valence-corrected chi connectivity index (χ2v) is 18.2. The molecule has 6 aromatic rings. The zero-order valence-corrected chi connectivity index (χ0v) is 33.2. The fourth-order valence-corrected chi connectivity index (χ4v) is 10.4. The molecule has 0 amide bonds. The summed E-state index contributed by atoms with van der Waals surface area (Å²) in [5.41, 5.74) is 24.7. The van der Waals surface area contributed by atoms with Crippen molar-refractivity contribution in [3.05, 3.63) is 141 Å². The molecule has 0 atom stereocenters. The summed E-state index contributed by atoms with van der Waals surface area (Å²) in [7, 11) is 2.54. The highest BCUT2D eigenvalue weighted by Crippen LogP contribution is 2.50. The Morgan fingerprint density at radius 2 is 1.44 bits per heavy atom. The van der Waals surface area contributed by atoms with Crippen molar-refractivity contribution in [2.75, 3.05) is 4.90 Å². The Labute approximate surface area is 323 Å². The van der Waals surface area contributed by atoms with Crippen LogP contribution in [0.4, 0.5) is 17.1 Å². The smallest absolute Gasteiger partial charge is 0.198 e. The maximum atomic E-state index is 3.89. The lowest BCUT2D eigenvalue weighted by atomic mass is 9.56. The maximum Gasteiger partial charge on any atom is 0.198 e. The number of hydrogen-bond donors (Lipinski definition) is 1. The van der Waals surface area contributed by atoms with Crippen molar-refractivity contribution in [2.24, 2.45) is 0 Å². The summed E-state index contributed by atoms with van der Waals surface area (Å²) in [5.74, 6) is 0.668. The van der Waals surface area contributed by atoms with Crippen LogP contribution in [0.1, 0.15) is 122 Å². The van der Waals surface area contributed by atoms with Gasteiger partial charge in [0.2, 0.25) is 0 Å². The number of para-hydroxylation sites is 1. The van der Waals surface area contributed by atoms with E-state index < -0.39 is 0 Å². The molecule has 0 spiro atoms. The number of nitrogens with zero attached hydrogens (tertiary/aromatic N) is 1. The molecule has 0 bridgehead atoms. The van der Waals surface area contributed by atoms with E-state index in [1.54, 1.807) is 0 Å². The van der Waals surface area contributed by atoms with Gasteiger partial charge in [0.05, 0.1) is 0 Å². The zero-order chi connectivity index (χ0) is 37.1. The minimum atomic E-state index is 0.114. The fraction of sp³-hybridized carbons (Fsp3) is 0.333. The van der Waals surface area contributed by atoms with Gasteiger partial charge in [0.1, 0.15) is 0 Å². The van der Waals surface area contributed by atoms with E-state index in [1.807, 2.05) is 0 Å². The Morgan fingerprint density at radius 3 is 2.22 bits per heavy atom. The van der Waals surface area contributed by atoms with E-state index in [9.17, 15) is 0 Å². The number of nitrogens with one attached hydrogen (secondary N) is 1. The van der Waals surface area contributed by atoms with Gasteiger partial charge in [-0.25, -0.2) is 0 Å². The van der Waals surface area contributed by atoms with Crippen LogP contribution in [0.15, 0.2) is 91.0 Å². The molecule has 3 aliphatic carbocycles. The molecule has 1 aromatic heterocycles. The first-order valence-electron chi connectivity index (χ1n) is 20.5. The largest absolute Gasteiger partial charge is 0.354 e. The summed E-state index contributed by atoms with van der Waals surface area (Å²) in [5, 5.41) is 1.36. The fourth-order valence-electron chi connectivity index (χ4n) is 10.4. The normalized spacial score (nSPS) is 18.2. The van der Waals surface area contributed by atoms with Crippen molar-refractivity contribution in [1.29, 1.82) is 0 Å². The molecule has 54 heavy (non-hydrogen) atoms. The third-order valence-corrected chi connectivity index (χ3v) is 13.9. The van der Waals surface area contributed by atoms with Crippen LogP contribution in [0.2, 0.25) is 0 Å². The molecule has 2 nitrogen and oxygen atoms in total. The lowest BCUT2D eigenvalue weighted by molar-refractivity contribution is 0.332. The van der Waals surface area contributed by atoms with E-state index in [0.717, 1.165) is 12.8 Å². The van der Waals surface area contributed by atoms with Crippen molar-refractivity contribution in [2.45, 2.75) is 110 Å². The molecule has 1 fully saturated rings.